The maximum absolute atomic E-state index is 9.43. The number of rotatable bonds is 10. The van der Waals surface area contributed by atoms with Gasteiger partial charge in [0.1, 0.15) is 12.4 Å². The van der Waals surface area contributed by atoms with Crippen LogP contribution in [-0.4, -0.2) is 10.2 Å². The molecule has 3 rings (SSSR count). The van der Waals surface area contributed by atoms with Gasteiger partial charge in [-0.3, -0.25) is 0 Å². The van der Waals surface area contributed by atoms with Gasteiger partial charge >= 0.3 is 0 Å². The van der Waals surface area contributed by atoms with Gasteiger partial charge in [0.05, 0.1) is 13.2 Å². The minimum Gasteiger partial charge on any atom is -0.489 e. The number of aliphatic hydroxyl groups excluding tert-OH is 2. The van der Waals surface area contributed by atoms with E-state index in [0.717, 1.165) is 34.8 Å². The quantitative estimate of drug-likeness (QED) is 0.605. The fraction of sp³-hybridized carbons (Fsp3) is 0.417. The Labute approximate surface area is 162 Å². The summed E-state index contributed by atoms with van der Waals surface area (Å²) in [5, 5.41) is 18.7. The Morgan fingerprint density at radius 2 is 1.89 bits per heavy atom. The standard InChI is InChI=1S/C24H30O3/c1-2-20(6-3-5-18-9-10-18)21-7-4-8-24(14-21)27-17-19-11-12-22(15-25)23(13-19)16-26/h4,6-8,11-14,18,25-26H,2-3,5,9-10,15-17H2,1H3/b20-6+. The van der Waals surface area contributed by atoms with Gasteiger partial charge in [0, 0.05) is 0 Å². The van der Waals surface area contributed by atoms with E-state index in [1.807, 2.05) is 30.3 Å². The highest BCUT2D eigenvalue weighted by Gasteiger charge is 2.19. The van der Waals surface area contributed by atoms with Gasteiger partial charge in [0.15, 0.2) is 0 Å². The smallest absolute Gasteiger partial charge is 0.120 e. The average molecular weight is 367 g/mol. The van der Waals surface area contributed by atoms with Crippen LogP contribution in [0.3, 0.4) is 0 Å². The Morgan fingerprint density at radius 1 is 1.07 bits per heavy atom. The molecule has 2 aromatic rings. The summed E-state index contributed by atoms with van der Waals surface area (Å²) >= 11 is 0. The van der Waals surface area contributed by atoms with Crippen molar-refractivity contribution >= 4 is 5.57 Å². The van der Waals surface area contributed by atoms with E-state index in [9.17, 15) is 10.2 Å². The third kappa shape index (κ3) is 5.69. The van der Waals surface area contributed by atoms with Crippen molar-refractivity contribution in [1.29, 1.82) is 0 Å². The second kappa shape index (κ2) is 9.72. The molecule has 0 aromatic heterocycles. The third-order valence-electron chi connectivity index (χ3n) is 5.27. The van der Waals surface area contributed by atoms with E-state index in [1.54, 1.807) is 0 Å². The van der Waals surface area contributed by atoms with Crippen LogP contribution in [-0.2, 0) is 19.8 Å². The highest BCUT2D eigenvalue weighted by molar-refractivity contribution is 5.66. The van der Waals surface area contributed by atoms with Crippen molar-refractivity contribution in [3.63, 3.8) is 0 Å². The molecule has 0 saturated heterocycles. The Bertz CT molecular complexity index is 775. The number of ether oxygens (including phenoxy) is 1. The average Bonchev–Trinajstić information content (AvgIpc) is 3.54. The summed E-state index contributed by atoms with van der Waals surface area (Å²) in [4.78, 5) is 0. The van der Waals surface area contributed by atoms with E-state index in [-0.39, 0.29) is 13.2 Å². The fourth-order valence-corrected chi connectivity index (χ4v) is 3.39. The molecule has 0 heterocycles. The first kappa shape index (κ1) is 19.7. The molecule has 0 spiro atoms. The lowest BCUT2D eigenvalue weighted by Crippen LogP contribution is -2.00. The predicted octanol–water partition coefficient (Wildman–Crippen LogP) is 5.23. The van der Waals surface area contributed by atoms with Crippen molar-refractivity contribution in [2.24, 2.45) is 5.92 Å². The van der Waals surface area contributed by atoms with E-state index in [1.165, 1.54) is 36.8 Å². The molecule has 1 aliphatic carbocycles. The Morgan fingerprint density at radius 3 is 2.59 bits per heavy atom. The molecule has 1 fully saturated rings. The molecule has 0 unspecified atom stereocenters. The van der Waals surface area contributed by atoms with Crippen LogP contribution >= 0.6 is 0 Å². The van der Waals surface area contributed by atoms with Crippen LogP contribution in [0.2, 0.25) is 0 Å². The fourth-order valence-electron chi connectivity index (χ4n) is 3.39. The van der Waals surface area contributed by atoms with Crippen molar-refractivity contribution < 1.29 is 14.9 Å². The van der Waals surface area contributed by atoms with Gasteiger partial charge in [-0.15, -0.1) is 0 Å². The van der Waals surface area contributed by atoms with Crippen LogP contribution in [0.25, 0.3) is 5.57 Å². The van der Waals surface area contributed by atoms with Crippen LogP contribution in [0.15, 0.2) is 48.5 Å². The lowest BCUT2D eigenvalue weighted by atomic mass is 10.0. The number of allylic oxidation sites excluding steroid dienone is 2. The van der Waals surface area contributed by atoms with Crippen molar-refractivity contribution in [1.82, 2.24) is 0 Å². The first-order chi connectivity index (χ1) is 13.2. The highest BCUT2D eigenvalue weighted by Crippen LogP contribution is 2.34. The summed E-state index contributed by atoms with van der Waals surface area (Å²) in [5.74, 6) is 1.82. The molecule has 2 aromatic carbocycles. The van der Waals surface area contributed by atoms with E-state index in [4.69, 9.17) is 4.74 Å². The van der Waals surface area contributed by atoms with Crippen LogP contribution in [0.1, 0.15) is 61.3 Å². The highest BCUT2D eigenvalue weighted by atomic mass is 16.5. The minimum atomic E-state index is -0.0786. The molecule has 0 amide bonds. The van der Waals surface area contributed by atoms with Crippen molar-refractivity contribution in [2.75, 3.05) is 0 Å². The van der Waals surface area contributed by atoms with Gasteiger partial charge < -0.3 is 14.9 Å². The number of aliphatic hydroxyl groups is 2. The second-order valence-corrected chi connectivity index (χ2v) is 7.34. The van der Waals surface area contributed by atoms with E-state index >= 15 is 0 Å². The minimum absolute atomic E-state index is 0.0635. The normalized spacial score (nSPS) is 14.4. The summed E-state index contributed by atoms with van der Waals surface area (Å²) in [6.07, 6.45) is 8.72. The zero-order chi connectivity index (χ0) is 19.1. The van der Waals surface area contributed by atoms with Gasteiger partial charge in [0.25, 0.3) is 0 Å². The van der Waals surface area contributed by atoms with E-state index < -0.39 is 0 Å². The van der Waals surface area contributed by atoms with Gasteiger partial charge in [-0.25, -0.2) is 0 Å². The van der Waals surface area contributed by atoms with Gasteiger partial charge in [-0.2, -0.15) is 0 Å². The number of hydrogen-bond donors (Lipinski definition) is 2. The Kier molecular flexibility index (Phi) is 7.08. The molecule has 0 radical (unpaired) electrons. The lowest BCUT2D eigenvalue weighted by Gasteiger charge is -2.12. The van der Waals surface area contributed by atoms with Gasteiger partial charge in [0.2, 0.25) is 0 Å². The molecule has 0 bridgehead atoms. The Hall–Kier alpha value is -2.10. The SMILES string of the molecule is CC/C(=C\CCC1CC1)c1cccc(OCc2ccc(CO)c(CO)c2)c1. The number of benzene rings is 2. The molecule has 1 saturated carbocycles. The van der Waals surface area contributed by atoms with Gasteiger partial charge in [-0.05, 0) is 71.2 Å². The first-order valence-electron chi connectivity index (χ1n) is 9.98. The lowest BCUT2D eigenvalue weighted by molar-refractivity contribution is 0.259. The zero-order valence-electron chi connectivity index (χ0n) is 16.2. The van der Waals surface area contributed by atoms with Crippen molar-refractivity contribution in [2.45, 2.75) is 58.8 Å². The Balaban J connectivity index is 1.64. The van der Waals surface area contributed by atoms with Crippen LogP contribution in [0.4, 0.5) is 0 Å². The molecule has 0 aliphatic heterocycles. The van der Waals surface area contributed by atoms with Crippen LogP contribution in [0.5, 0.6) is 5.75 Å². The molecule has 27 heavy (non-hydrogen) atoms. The summed E-state index contributed by atoms with van der Waals surface area (Å²) < 4.78 is 5.98. The third-order valence-corrected chi connectivity index (χ3v) is 5.27. The molecule has 144 valence electrons. The molecular weight excluding hydrogens is 336 g/mol. The topological polar surface area (TPSA) is 49.7 Å². The maximum Gasteiger partial charge on any atom is 0.120 e. The van der Waals surface area contributed by atoms with E-state index in [2.05, 4.69) is 25.1 Å². The number of hydrogen-bond acceptors (Lipinski definition) is 3. The summed E-state index contributed by atoms with van der Waals surface area (Å²) in [7, 11) is 0. The van der Waals surface area contributed by atoms with Crippen molar-refractivity contribution in [3.05, 3.63) is 70.8 Å². The molecular formula is C24H30O3. The van der Waals surface area contributed by atoms with Crippen LogP contribution in [0, 0.1) is 5.92 Å². The summed E-state index contributed by atoms with van der Waals surface area (Å²) in [5.41, 5.74) is 5.11. The first-order valence-corrected chi connectivity index (χ1v) is 9.98. The predicted molar refractivity (Wildman–Crippen MR) is 109 cm³/mol. The summed E-state index contributed by atoms with van der Waals surface area (Å²) in [6, 6.07) is 14.0. The molecule has 1 aliphatic rings. The van der Waals surface area contributed by atoms with Crippen molar-refractivity contribution in [3.8, 4) is 5.75 Å². The molecule has 0 atom stereocenters. The van der Waals surface area contributed by atoms with E-state index in [0.29, 0.717) is 6.61 Å². The molecule has 3 nitrogen and oxygen atoms in total. The zero-order valence-corrected chi connectivity index (χ0v) is 16.2. The summed E-state index contributed by atoms with van der Waals surface area (Å²) in [6.45, 7) is 2.50. The van der Waals surface area contributed by atoms with Crippen LogP contribution < -0.4 is 4.74 Å². The van der Waals surface area contributed by atoms with Gasteiger partial charge in [-0.1, -0.05) is 50.1 Å². The second-order valence-electron chi connectivity index (χ2n) is 7.34. The monoisotopic (exact) mass is 366 g/mol. The largest absolute Gasteiger partial charge is 0.489 e. The maximum atomic E-state index is 9.43. The molecule has 2 N–H and O–H groups in total. The molecule has 3 heteroatoms.